The summed E-state index contributed by atoms with van der Waals surface area (Å²) in [7, 11) is 1.56. The zero-order valence-electron chi connectivity index (χ0n) is 40.3. The van der Waals surface area contributed by atoms with Crippen molar-refractivity contribution < 1.29 is 20.1 Å². The maximum absolute atomic E-state index is 15.0. The van der Waals surface area contributed by atoms with Gasteiger partial charge in [-0.05, 0) is 111 Å². The maximum Gasteiger partial charge on any atom is 0.266 e. The Morgan fingerprint density at radius 1 is 0.413 bits per heavy atom. The van der Waals surface area contributed by atoms with Crippen molar-refractivity contribution in [3.63, 3.8) is 0 Å². The third kappa shape index (κ3) is 6.88. The topological polar surface area (TPSA) is 219 Å². The Hall–Kier alpha value is -9.46. The Labute approximate surface area is 422 Å². The van der Waals surface area contributed by atoms with Crippen LogP contribution in [0.5, 0.6) is 0 Å². The van der Waals surface area contributed by atoms with Gasteiger partial charge in [0.15, 0.2) is 0 Å². The van der Waals surface area contributed by atoms with Crippen LogP contribution in [0.25, 0.3) is 99.8 Å². The molecular formula is C57H42N10O8. The van der Waals surface area contributed by atoms with E-state index in [0.29, 0.717) is 84.7 Å². The molecule has 2 atom stereocenters. The van der Waals surface area contributed by atoms with E-state index >= 15 is 0 Å². The molecule has 0 saturated carbocycles. The molecule has 6 aromatic heterocycles. The Kier molecular flexibility index (Phi) is 10.3. The first-order chi connectivity index (χ1) is 36.4. The van der Waals surface area contributed by atoms with Crippen molar-refractivity contribution in [2.75, 3.05) is 7.11 Å². The van der Waals surface area contributed by atoms with Crippen LogP contribution in [-0.4, -0.2) is 69.8 Å². The minimum atomic E-state index is -1.04. The summed E-state index contributed by atoms with van der Waals surface area (Å²) in [4.78, 5) is 78.8. The summed E-state index contributed by atoms with van der Waals surface area (Å²) in [6.45, 7) is 2.89. The standard InChI is InChI=1S/C57H42N10O8/c1-30(69)52-60-44-14-6-10-18-48(44)64(52)34-23-35(65-49-19-11-7-15-45(49)61-53(65)31(2)70)25-37(24-34)67-56(73)40-26-38-39(27-41(40)57(67)74)55(72)66(54(38)71)36-21-32(62-46-16-8-4-12-42(46)58-50(62)28-68)20-33(22-36)63-47-17-9-5-13-43(47)59-51(63)29-75-3/h4-27,30-31,68-70H,28-29H2,1-3H3. The fraction of sp³-hybridized carbons (Fsp3) is 0.123. The number of ether oxygens (including phenoxy) is 1. The molecule has 18 heteroatoms. The van der Waals surface area contributed by atoms with Crippen molar-refractivity contribution in [1.82, 2.24) is 47.3 Å². The molecule has 0 radical (unpaired) electrons. The number of hydrogen-bond donors (Lipinski definition) is 3. The van der Waals surface area contributed by atoms with Crippen molar-refractivity contribution in [2.45, 2.75) is 39.3 Å². The normalized spacial score (nSPS) is 12.9. The zero-order valence-corrected chi connectivity index (χ0v) is 40.3. The Bertz CT molecular complexity index is 4550. The summed E-state index contributed by atoms with van der Waals surface area (Å²) in [5.74, 6) is 1.45. The van der Waals surface area contributed by atoms with Gasteiger partial charge in [-0.2, -0.15) is 0 Å². The van der Waals surface area contributed by atoms with Gasteiger partial charge in [-0.3, -0.25) is 37.4 Å². The average Bonchev–Trinajstić information content (AvgIpc) is 4.26. The van der Waals surface area contributed by atoms with Gasteiger partial charge in [0.25, 0.3) is 22.2 Å². The zero-order chi connectivity index (χ0) is 51.6. The van der Waals surface area contributed by atoms with Gasteiger partial charge in [-0.1, -0.05) is 48.5 Å². The smallest absolute Gasteiger partial charge is 0.266 e. The molecule has 18 nitrogen and oxygen atoms in total. The van der Waals surface area contributed by atoms with Gasteiger partial charge < -0.3 is 20.1 Å². The van der Waals surface area contributed by atoms with Crippen molar-refractivity contribution in [2.24, 2.45) is 0 Å². The summed E-state index contributed by atoms with van der Waals surface area (Å²) >= 11 is 0. The number of hydrogen-bond acceptors (Lipinski definition) is 12. The highest BCUT2D eigenvalue weighted by Crippen LogP contribution is 2.34. The SMILES string of the molecule is COCc1nc2ccccc2n1-c1cc(-n2c(=O)c3cc4c(=O)n(-c5cc(-n6c(C(C)O)nc7ccccc76)cc(-n6c(C(C)O)nc7ccccc76)c5)c(=O)c4cc3c2=O)cc(-n2c(CO)nc3ccccc32)c1. The maximum atomic E-state index is 15.0. The predicted octanol–water partition coefficient (Wildman–Crippen LogP) is 6.99. The Balaban J connectivity index is 1.04. The molecule has 3 N–H and O–H groups in total. The van der Waals surface area contributed by atoms with E-state index in [1.54, 1.807) is 65.0 Å². The molecule has 0 amide bonds. The van der Waals surface area contributed by atoms with Crippen LogP contribution in [0, 0.1) is 0 Å². The third-order valence-electron chi connectivity index (χ3n) is 13.8. The second-order valence-electron chi connectivity index (χ2n) is 18.5. The average molecular weight is 995 g/mol. The van der Waals surface area contributed by atoms with Crippen molar-refractivity contribution >= 4 is 65.7 Å². The molecule has 7 aromatic carbocycles. The van der Waals surface area contributed by atoms with E-state index in [2.05, 4.69) is 4.98 Å². The van der Waals surface area contributed by atoms with Crippen molar-refractivity contribution in [3.05, 3.63) is 210 Å². The lowest BCUT2D eigenvalue weighted by Gasteiger charge is -2.17. The molecule has 0 aliphatic rings. The molecule has 13 aromatic rings. The highest BCUT2D eigenvalue weighted by atomic mass is 16.5. The van der Waals surface area contributed by atoms with E-state index in [4.69, 9.17) is 19.7 Å². The van der Waals surface area contributed by atoms with Crippen LogP contribution in [0.15, 0.2) is 165 Å². The monoisotopic (exact) mass is 994 g/mol. The molecule has 75 heavy (non-hydrogen) atoms. The predicted molar refractivity (Wildman–Crippen MR) is 284 cm³/mol. The highest BCUT2D eigenvalue weighted by Gasteiger charge is 2.26. The number of para-hydroxylation sites is 8. The lowest BCUT2D eigenvalue weighted by molar-refractivity contribution is 0.177. The Morgan fingerprint density at radius 2 is 0.707 bits per heavy atom. The molecular weight excluding hydrogens is 953 g/mol. The first-order valence-electron chi connectivity index (χ1n) is 24.0. The summed E-state index contributed by atoms with van der Waals surface area (Å²) in [5, 5.41) is 32.4. The van der Waals surface area contributed by atoms with E-state index in [0.717, 1.165) is 14.7 Å². The van der Waals surface area contributed by atoms with Crippen LogP contribution in [0.1, 0.15) is 49.4 Å². The number of rotatable bonds is 11. The second kappa shape index (κ2) is 17.1. The Morgan fingerprint density at radius 3 is 1.05 bits per heavy atom. The molecule has 2 unspecified atom stereocenters. The first kappa shape index (κ1) is 45.4. The lowest BCUT2D eigenvalue weighted by atomic mass is 10.1. The number of benzene rings is 7. The van der Waals surface area contributed by atoms with Gasteiger partial charge in [0.05, 0.1) is 99.8 Å². The number of aliphatic hydroxyl groups is 3. The molecule has 0 spiro atoms. The minimum Gasteiger partial charge on any atom is -0.388 e. The molecule has 0 fully saturated rings. The van der Waals surface area contributed by atoms with E-state index in [-0.39, 0.29) is 39.5 Å². The van der Waals surface area contributed by atoms with Crippen LogP contribution >= 0.6 is 0 Å². The first-order valence-corrected chi connectivity index (χ1v) is 24.0. The van der Waals surface area contributed by atoms with Gasteiger partial charge in [0, 0.05) is 7.11 Å². The number of imidazole rings is 4. The number of aromatic nitrogens is 10. The molecule has 0 saturated heterocycles. The van der Waals surface area contributed by atoms with Crippen molar-refractivity contribution in [1.29, 1.82) is 0 Å². The number of aliphatic hydroxyl groups excluding tert-OH is 3. The van der Waals surface area contributed by atoms with Gasteiger partial charge in [0.2, 0.25) is 0 Å². The second-order valence-corrected chi connectivity index (χ2v) is 18.5. The van der Waals surface area contributed by atoms with Gasteiger partial charge in [0.1, 0.15) is 48.7 Å². The fourth-order valence-electron chi connectivity index (χ4n) is 10.6. The summed E-state index contributed by atoms with van der Waals surface area (Å²) in [6.07, 6.45) is -2.08. The van der Waals surface area contributed by atoms with Crippen LogP contribution < -0.4 is 22.2 Å². The third-order valence-corrected chi connectivity index (χ3v) is 13.8. The van der Waals surface area contributed by atoms with E-state index in [9.17, 15) is 34.5 Å². The molecule has 6 heterocycles. The summed E-state index contributed by atoms with van der Waals surface area (Å²) < 4.78 is 14.7. The molecule has 0 aliphatic carbocycles. The van der Waals surface area contributed by atoms with E-state index in [1.165, 1.54) is 12.1 Å². The van der Waals surface area contributed by atoms with Crippen molar-refractivity contribution in [3.8, 4) is 34.1 Å². The molecule has 13 rings (SSSR count). The highest BCUT2D eigenvalue weighted by molar-refractivity contribution is 5.98. The quantitative estimate of drug-likeness (QED) is 0.119. The fourth-order valence-corrected chi connectivity index (χ4v) is 10.6. The van der Waals surface area contributed by atoms with Crippen LogP contribution in [0.2, 0.25) is 0 Å². The molecule has 0 bridgehead atoms. The lowest BCUT2D eigenvalue weighted by Crippen LogP contribution is -2.24. The van der Waals surface area contributed by atoms with E-state index < -0.39 is 41.1 Å². The summed E-state index contributed by atoms with van der Waals surface area (Å²) in [5.41, 5.74) is 4.32. The number of fused-ring (bicyclic) bond motifs is 6. The number of methoxy groups -OCH3 is 1. The van der Waals surface area contributed by atoms with Crippen LogP contribution in [-0.2, 0) is 18.0 Å². The summed E-state index contributed by atoms with van der Waals surface area (Å²) in [6, 6.07) is 42.4. The number of nitrogens with zero attached hydrogens (tertiary/aromatic N) is 10. The van der Waals surface area contributed by atoms with Gasteiger partial charge >= 0.3 is 0 Å². The van der Waals surface area contributed by atoms with Crippen LogP contribution in [0.4, 0.5) is 0 Å². The van der Waals surface area contributed by atoms with Gasteiger partial charge in [-0.25, -0.2) is 29.1 Å². The van der Waals surface area contributed by atoms with E-state index in [1.807, 2.05) is 108 Å². The molecule has 0 aliphatic heterocycles. The largest absolute Gasteiger partial charge is 0.388 e. The van der Waals surface area contributed by atoms with Gasteiger partial charge in [-0.15, -0.1) is 0 Å². The van der Waals surface area contributed by atoms with Crippen LogP contribution in [0.3, 0.4) is 0 Å². The minimum absolute atomic E-state index is 0.0849. The molecule has 368 valence electrons.